The molecule has 0 aliphatic heterocycles. The summed E-state index contributed by atoms with van der Waals surface area (Å²) in [6.45, 7) is 4.03. The summed E-state index contributed by atoms with van der Waals surface area (Å²) in [4.78, 5) is 12.3. The first-order chi connectivity index (χ1) is 5.72. The SMILES string of the molecule is CC/C=C/N(/C=C/CC)C(=O)S. The van der Waals surface area contributed by atoms with Gasteiger partial charge in [0.2, 0.25) is 0 Å². The van der Waals surface area contributed by atoms with Crippen molar-refractivity contribution in [1.29, 1.82) is 0 Å². The third-order valence-electron chi connectivity index (χ3n) is 1.22. The van der Waals surface area contributed by atoms with E-state index in [2.05, 4.69) is 12.6 Å². The summed E-state index contributed by atoms with van der Waals surface area (Å²) in [6.07, 6.45) is 9.10. The molecule has 0 saturated heterocycles. The minimum Gasteiger partial charge on any atom is -0.286 e. The van der Waals surface area contributed by atoms with E-state index in [0.717, 1.165) is 12.8 Å². The number of nitrogens with zero attached hydrogens (tertiary/aromatic N) is 1. The van der Waals surface area contributed by atoms with Crippen LogP contribution in [0.2, 0.25) is 0 Å². The van der Waals surface area contributed by atoms with Crippen molar-refractivity contribution >= 4 is 17.9 Å². The first-order valence-corrected chi connectivity index (χ1v) is 4.51. The van der Waals surface area contributed by atoms with Gasteiger partial charge < -0.3 is 0 Å². The molecule has 0 aromatic heterocycles. The molecule has 0 aliphatic carbocycles. The van der Waals surface area contributed by atoms with Gasteiger partial charge in [0.1, 0.15) is 0 Å². The number of rotatable bonds is 4. The minimum atomic E-state index is -0.260. The fourth-order valence-corrected chi connectivity index (χ4v) is 0.748. The maximum atomic E-state index is 10.8. The fraction of sp³-hybridized carbons (Fsp3) is 0.444. The monoisotopic (exact) mass is 185 g/mol. The molecular formula is C9H15NOS. The van der Waals surface area contributed by atoms with Crippen molar-refractivity contribution < 1.29 is 4.79 Å². The van der Waals surface area contributed by atoms with Gasteiger partial charge in [-0.2, -0.15) is 0 Å². The highest BCUT2D eigenvalue weighted by atomic mass is 32.1. The zero-order valence-electron chi connectivity index (χ0n) is 7.53. The van der Waals surface area contributed by atoms with Gasteiger partial charge in [0.25, 0.3) is 5.24 Å². The first kappa shape index (κ1) is 11.3. The summed E-state index contributed by atoms with van der Waals surface area (Å²) >= 11 is 3.72. The van der Waals surface area contributed by atoms with Crippen LogP contribution in [-0.2, 0) is 0 Å². The van der Waals surface area contributed by atoms with E-state index in [1.807, 2.05) is 26.0 Å². The topological polar surface area (TPSA) is 20.3 Å². The number of carbonyl (C=O) groups excluding carboxylic acids is 1. The normalized spacial score (nSPS) is 11.2. The second-order valence-electron chi connectivity index (χ2n) is 2.28. The molecule has 0 atom stereocenters. The molecule has 0 aliphatic rings. The first-order valence-electron chi connectivity index (χ1n) is 4.07. The van der Waals surface area contributed by atoms with E-state index in [9.17, 15) is 4.79 Å². The van der Waals surface area contributed by atoms with Gasteiger partial charge in [-0.1, -0.05) is 38.6 Å². The predicted octanol–water partition coefficient (Wildman–Crippen LogP) is 3.19. The van der Waals surface area contributed by atoms with Gasteiger partial charge >= 0.3 is 0 Å². The molecular weight excluding hydrogens is 170 g/mol. The molecule has 0 radical (unpaired) electrons. The van der Waals surface area contributed by atoms with Gasteiger partial charge in [-0.3, -0.25) is 9.69 Å². The molecule has 0 N–H and O–H groups in total. The van der Waals surface area contributed by atoms with Crippen LogP contribution in [0.25, 0.3) is 0 Å². The molecule has 0 aromatic carbocycles. The highest BCUT2D eigenvalue weighted by molar-refractivity contribution is 7.96. The van der Waals surface area contributed by atoms with Crippen LogP contribution in [0, 0.1) is 0 Å². The summed E-state index contributed by atoms with van der Waals surface area (Å²) in [5, 5.41) is -0.260. The van der Waals surface area contributed by atoms with E-state index in [-0.39, 0.29) is 5.24 Å². The van der Waals surface area contributed by atoms with E-state index in [0.29, 0.717) is 0 Å². The quantitative estimate of drug-likeness (QED) is 0.667. The Balaban J connectivity index is 4.13. The average Bonchev–Trinajstić information content (AvgIpc) is 2.04. The third-order valence-corrected chi connectivity index (χ3v) is 1.46. The van der Waals surface area contributed by atoms with Crippen LogP contribution in [0.4, 0.5) is 4.79 Å². The Morgan fingerprint density at radius 2 is 1.67 bits per heavy atom. The van der Waals surface area contributed by atoms with Crippen LogP contribution in [0.5, 0.6) is 0 Å². The van der Waals surface area contributed by atoms with Crippen LogP contribution in [0.3, 0.4) is 0 Å². The van der Waals surface area contributed by atoms with Crippen LogP contribution in [0.1, 0.15) is 26.7 Å². The molecule has 0 unspecified atom stereocenters. The van der Waals surface area contributed by atoms with E-state index in [4.69, 9.17) is 0 Å². The summed E-state index contributed by atoms with van der Waals surface area (Å²) in [6, 6.07) is 0. The average molecular weight is 185 g/mol. The Morgan fingerprint density at radius 3 is 1.92 bits per heavy atom. The van der Waals surface area contributed by atoms with Gasteiger partial charge in [-0.25, -0.2) is 0 Å². The van der Waals surface area contributed by atoms with Crippen molar-refractivity contribution in [2.45, 2.75) is 26.7 Å². The maximum absolute atomic E-state index is 10.8. The van der Waals surface area contributed by atoms with Crippen molar-refractivity contribution in [2.24, 2.45) is 0 Å². The predicted molar refractivity (Wildman–Crippen MR) is 55.1 cm³/mol. The van der Waals surface area contributed by atoms with Crippen molar-refractivity contribution in [3.8, 4) is 0 Å². The molecule has 0 saturated carbocycles. The Bertz CT molecular complexity index is 173. The van der Waals surface area contributed by atoms with Crippen molar-refractivity contribution in [3.05, 3.63) is 24.6 Å². The largest absolute Gasteiger partial charge is 0.286 e. The summed E-state index contributed by atoms with van der Waals surface area (Å²) in [5.41, 5.74) is 0. The smallest absolute Gasteiger partial charge is 0.286 e. The van der Waals surface area contributed by atoms with E-state index >= 15 is 0 Å². The van der Waals surface area contributed by atoms with Gasteiger partial charge in [-0.05, 0) is 12.8 Å². The molecule has 0 fully saturated rings. The standard InChI is InChI=1S/C9H15NOS/c1-3-5-7-10(9(11)12)8-6-4-2/h5-8H,3-4H2,1-2H3,(H,11,12)/b7-5+,8-6+. The third kappa shape index (κ3) is 5.02. The molecule has 0 rings (SSSR count). The number of allylic oxidation sites excluding steroid dienone is 2. The van der Waals surface area contributed by atoms with E-state index in [1.165, 1.54) is 4.90 Å². The van der Waals surface area contributed by atoms with Crippen molar-refractivity contribution in [3.63, 3.8) is 0 Å². The van der Waals surface area contributed by atoms with E-state index < -0.39 is 0 Å². The van der Waals surface area contributed by atoms with Crippen LogP contribution in [-0.4, -0.2) is 10.1 Å². The highest BCUT2D eigenvalue weighted by Crippen LogP contribution is 2.00. The summed E-state index contributed by atoms with van der Waals surface area (Å²) in [7, 11) is 0. The van der Waals surface area contributed by atoms with Gasteiger partial charge in [-0.15, -0.1) is 0 Å². The van der Waals surface area contributed by atoms with Gasteiger partial charge in [0.15, 0.2) is 0 Å². The Hall–Kier alpha value is -0.700. The van der Waals surface area contributed by atoms with Crippen LogP contribution >= 0.6 is 12.6 Å². The number of carbonyl (C=O) groups is 1. The molecule has 0 heterocycles. The number of hydrogen-bond acceptors (Lipinski definition) is 1. The van der Waals surface area contributed by atoms with E-state index in [1.54, 1.807) is 12.4 Å². The number of thiol groups is 1. The second-order valence-corrected chi connectivity index (χ2v) is 2.66. The zero-order chi connectivity index (χ0) is 9.40. The zero-order valence-corrected chi connectivity index (χ0v) is 8.42. The maximum Gasteiger partial charge on any atom is 0.286 e. The summed E-state index contributed by atoms with van der Waals surface area (Å²) < 4.78 is 0. The Kier molecular flexibility index (Phi) is 6.57. The van der Waals surface area contributed by atoms with Crippen LogP contribution < -0.4 is 0 Å². The minimum absolute atomic E-state index is 0.260. The lowest BCUT2D eigenvalue weighted by Crippen LogP contribution is -2.11. The number of hydrogen-bond donors (Lipinski definition) is 1. The lowest BCUT2D eigenvalue weighted by molar-refractivity contribution is 0.249. The van der Waals surface area contributed by atoms with Crippen LogP contribution in [0.15, 0.2) is 24.6 Å². The molecule has 3 heteroatoms. The lowest BCUT2D eigenvalue weighted by Gasteiger charge is -2.08. The number of amides is 1. The highest BCUT2D eigenvalue weighted by Gasteiger charge is 1.98. The van der Waals surface area contributed by atoms with Crippen molar-refractivity contribution in [1.82, 2.24) is 4.90 Å². The van der Waals surface area contributed by atoms with Crippen molar-refractivity contribution in [2.75, 3.05) is 0 Å². The fourth-order valence-electron chi connectivity index (χ4n) is 0.615. The molecule has 0 spiro atoms. The lowest BCUT2D eigenvalue weighted by atomic mass is 10.4. The molecule has 68 valence electrons. The van der Waals surface area contributed by atoms with Gasteiger partial charge in [0, 0.05) is 12.4 Å². The molecule has 12 heavy (non-hydrogen) atoms. The molecule has 2 nitrogen and oxygen atoms in total. The molecule has 0 aromatic rings. The van der Waals surface area contributed by atoms with Gasteiger partial charge in [0.05, 0.1) is 0 Å². The molecule has 1 amide bonds. The Labute approximate surface area is 79.4 Å². The molecule has 0 bridgehead atoms. The summed E-state index contributed by atoms with van der Waals surface area (Å²) in [5.74, 6) is 0. The Morgan fingerprint density at radius 1 is 1.25 bits per heavy atom. The second kappa shape index (κ2) is 6.98.